The van der Waals surface area contributed by atoms with E-state index in [0.29, 0.717) is 34.2 Å². The van der Waals surface area contributed by atoms with E-state index in [1.165, 1.54) is 0 Å². The maximum Gasteiger partial charge on any atom is 0.349 e. The van der Waals surface area contributed by atoms with Gasteiger partial charge in [-0.25, -0.2) is 9.78 Å². The van der Waals surface area contributed by atoms with Gasteiger partial charge in [0.15, 0.2) is 11.4 Å². The molecule has 1 heterocycles. The summed E-state index contributed by atoms with van der Waals surface area (Å²) in [6, 6.07) is 10.6. The Labute approximate surface area is 226 Å². The summed E-state index contributed by atoms with van der Waals surface area (Å²) in [5.74, 6) is 0.389. The van der Waals surface area contributed by atoms with Gasteiger partial charge in [-0.1, -0.05) is 37.0 Å². The minimum atomic E-state index is -1.13. The van der Waals surface area contributed by atoms with E-state index in [1.807, 2.05) is 13.0 Å². The number of thiazole rings is 1. The SMILES string of the molecule is CCOC(=O)C(C)(C)Oc1ccc(C(=O)CCc2nc(-c3ccc(Cl)cc3Cl)sc2C(C)C)cc1C. The van der Waals surface area contributed by atoms with E-state index >= 15 is 0 Å². The predicted molar refractivity (Wildman–Crippen MR) is 147 cm³/mol. The van der Waals surface area contributed by atoms with Gasteiger partial charge in [0, 0.05) is 27.4 Å². The molecular formula is C28H31Cl2NO4S. The molecule has 8 heteroatoms. The molecule has 0 fully saturated rings. The molecule has 0 bridgehead atoms. The first-order valence-corrected chi connectivity index (χ1v) is 13.4. The first-order valence-electron chi connectivity index (χ1n) is 11.9. The van der Waals surface area contributed by atoms with Crippen molar-refractivity contribution in [2.24, 2.45) is 0 Å². The molecule has 3 rings (SSSR count). The topological polar surface area (TPSA) is 65.5 Å². The molecule has 0 saturated heterocycles. The van der Waals surface area contributed by atoms with Gasteiger partial charge in [0.25, 0.3) is 0 Å². The maximum atomic E-state index is 13.0. The van der Waals surface area contributed by atoms with Crippen molar-refractivity contribution in [3.8, 4) is 16.3 Å². The number of esters is 1. The van der Waals surface area contributed by atoms with Crippen LogP contribution in [-0.4, -0.2) is 28.9 Å². The molecule has 5 nitrogen and oxygen atoms in total. The molecule has 0 amide bonds. The highest BCUT2D eigenvalue weighted by atomic mass is 35.5. The molecular weight excluding hydrogens is 517 g/mol. The van der Waals surface area contributed by atoms with E-state index in [-0.39, 0.29) is 18.3 Å². The van der Waals surface area contributed by atoms with Crippen molar-refractivity contribution in [2.45, 2.75) is 65.9 Å². The lowest BCUT2D eigenvalue weighted by Crippen LogP contribution is -2.39. The highest BCUT2D eigenvalue weighted by Crippen LogP contribution is 2.37. The van der Waals surface area contributed by atoms with Crippen LogP contribution in [0.4, 0.5) is 0 Å². The van der Waals surface area contributed by atoms with Crippen LogP contribution < -0.4 is 4.74 Å². The number of rotatable bonds is 10. The molecule has 0 saturated carbocycles. The van der Waals surface area contributed by atoms with Crippen LogP contribution in [-0.2, 0) is 16.0 Å². The van der Waals surface area contributed by atoms with Gasteiger partial charge in [-0.05, 0) is 82.0 Å². The van der Waals surface area contributed by atoms with Crippen LogP contribution in [0.5, 0.6) is 5.75 Å². The van der Waals surface area contributed by atoms with Crippen molar-refractivity contribution >= 4 is 46.3 Å². The fraction of sp³-hybridized carbons (Fsp3) is 0.393. The zero-order valence-electron chi connectivity index (χ0n) is 21.4. The number of Topliss-reactive ketones (excluding diaryl/α,β-unsaturated/α-hetero) is 1. The molecule has 192 valence electrons. The Balaban J connectivity index is 1.75. The molecule has 0 radical (unpaired) electrons. The number of hydrogen-bond donors (Lipinski definition) is 0. The van der Waals surface area contributed by atoms with Crippen LogP contribution in [0.25, 0.3) is 10.6 Å². The maximum absolute atomic E-state index is 13.0. The van der Waals surface area contributed by atoms with Gasteiger partial charge >= 0.3 is 5.97 Å². The molecule has 1 aromatic heterocycles. The zero-order valence-corrected chi connectivity index (χ0v) is 23.7. The standard InChI is InChI=1S/C28H31Cl2NO4S/c1-7-34-27(33)28(5,6)35-24-13-8-18(14-17(24)4)23(32)12-11-22-25(16(2)3)36-26(31-22)20-10-9-19(29)15-21(20)30/h8-10,13-16H,7,11-12H2,1-6H3. The Kier molecular flexibility index (Phi) is 9.20. The van der Waals surface area contributed by atoms with Gasteiger partial charge in [0.1, 0.15) is 10.8 Å². The number of carbonyl (C=O) groups is 2. The summed E-state index contributed by atoms with van der Waals surface area (Å²) in [7, 11) is 0. The van der Waals surface area contributed by atoms with Gasteiger partial charge < -0.3 is 9.47 Å². The fourth-order valence-electron chi connectivity index (χ4n) is 3.71. The first-order chi connectivity index (χ1) is 16.9. The van der Waals surface area contributed by atoms with Gasteiger partial charge in [0.05, 0.1) is 17.3 Å². The van der Waals surface area contributed by atoms with Crippen molar-refractivity contribution in [3.63, 3.8) is 0 Å². The summed E-state index contributed by atoms with van der Waals surface area (Å²) in [4.78, 5) is 31.2. The summed E-state index contributed by atoms with van der Waals surface area (Å²) >= 11 is 14.1. The van der Waals surface area contributed by atoms with Crippen molar-refractivity contribution in [3.05, 3.63) is 68.1 Å². The number of benzene rings is 2. The van der Waals surface area contributed by atoms with Gasteiger partial charge in [-0.2, -0.15) is 0 Å². The summed E-state index contributed by atoms with van der Waals surface area (Å²) in [6.45, 7) is 11.4. The first kappa shape index (κ1) is 28.2. The summed E-state index contributed by atoms with van der Waals surface area (Å²) < 4.78 is 11.0. The molecule has 3 aromatic rings. The number of halogens is 2. The molecule has 0 aliphatic rings. The van der Waals surface area contributed by atoms with Crippen molar-refractivity contribution in [1.82, 2.24) is 4.98 Å². The smallest absolute Gasteiger partial charge is 0.349 e. The summed E-state index contributed by atoms with van der Waals surface area (Å²) in [5.41, 5.74) is 1.99. The fourth-order valence-corrected chi connectivity index (χ4v) is 5.41. The number of aryl methyl sites for hydroxylation is 2. The Morgan fingerprint density at radius 1 is 1.11 bits per heavy atom. The lowest BCUT2D eigenvalue weighted by Gasteiger charge is -2.25. The number of nitrogens with zero attached hydrogens (tertiary/aromatic N) is 1. The molecule has 2 aromatic carbocycles. The summed E-state index contributed by atoms with van der Waals surface area (Å²) in [6.07, 6.45) is 0.854. The van der Waals surface area contributed by atoms with Crippen LogP contribution in [0.1, 0.15) is 73.4 Å². The number of aromatic nitrogens is 1. The Bertz CT molecular complexity index is 1270. The number of hydrogen-bond acceptors (Lipinski definition) is 6. The highest BCUT2D eigenvalue weighted by molar-refractivity contribution is 7.15. The van der Waals surface area contributed by atoms with E-state index in [9.17, 15) is 9.59 Å². The third kappa shape index (κ3) is 6.67. The van der Waals surface area contributed by atoms with Crippen LogP contribution in [0.2, 0.25) is 10.0 Å². The van der Waals surface area contributed by atoms with Crippen molar-refractivity contribution in [1.29, 1.82) is 0 Å². The third-order valence-corrected chi connectivity index (χ3v) is 7.61. The monoisotopic (exact) mass is 547 g/mol. The lowest BCUT2D eigenvalue weighted by molar-refractivity contribution is -0.158. The van der Waals surface area contributed by atoms with Crippen molar-refractivity contribution < 1.29 is 19.1 Å². The summed E-state index contributed by atoms with van der Waals surface area (Å²) in [5, 5.41) is 1.95. The minimum Gasteiger partial charge on any atom is -0.476 e. The van der Waals surface area contributed by atoms with Crippen molar-refractivity contribution in [2.75, 3.05) is 6.61 Å². The average Bonchev–Trinajstić information content (AvgIpc) is 3.23. The van der Waals surface area contributed by atoms with Crippen LogP contribution in [0, 0.1) is 6.92 Å². The van der Waals surface area contributed by atoms with Crippen LogP contribution in [0.15, 0.2) is 36.4 Å². The second-order valence-corrected chi connectivity index (χ2v) is 11.2. The normalized spacial score (nSPS) is 11.6. The average molecular weight is 549 g/mol. The van der Waals surface area contributed by atoms with Gasteiger partial charge in [-0.15, -0.1) is 11.3 Å². The zero-order chi connectivity index (χ0) is 26.6. The largest absolute Gasteiger partial charge is 0.476 e. The molecule has 0 unspecified atom stereocenters. The van der Waals surface area contributed by atoms with E-state index in [2.05, 4.69) is 13.8 Å². The van der Waals surface area contributed by atoms with E-state index in [1.54, 1.807) is 62.4 Å². The molecule has 36 heavy (non-hydrogen) atoms. The Hall–Kier alpha value is -2.41. The van der Waals surface area contributed by atoms with E-state index in [4.69, 9.17) is 37.7 Å². The molecule has 0 aliphatic heterocycles. The molecule has 0 spiro atoms. The second kappa shape index (κ2) is 11.8. The third-order valence-electron chi connectivity index (χ3n) is 5.63. The Morgan fingerprint density at radius 2 is 1.83 bits per heavy atom. The quantitative estimate of drug-likeness (QED) is 0.189. The van der Waals surface area contributed by atoms with Crippen LogP contribution >= 0.6 is 34.5 Å². The van der Waals surface area contributed by atoms with Gasteiger partial charge in [-0.3, -0.25) is 4.79 Å². The van der Waals surface area contributed by atoms with E-state index < -0.39 is 11.6 Å². The lowest BCUT2D eigenvalue weighted by atomic mass is 10.0. The Morgan fingerprint density at radius 3 is 2.44 bits per heavy atom. The highest BCUT2D eigenvalue weighted by Gasteiger charge is 2.32. The molecule has 0 atom stereocenters. The second-order valence-electron chi connectivity index (χ2n) is 9.35. The number of ether oxygens (including phenoxy) is 2. The van der Waals surface area contributed by atoms with Gasteiger partial charge in [0.2, 0.25) is 0 Å². The number of carbonyl (C=O) groups excluding carboxylic acids is 2. The molecule has 0 N–H and O–H groups in total. The minimum absolute atomic E-state index is 0.0167. The molecule has 0 aliphatic carbocycles. The van der Waals surface area contributed by atoms with Crippen LogP contribution in [0.3, 0.4) is 0 Å². The van der Waals surface area contributed by atoms with E-state index in [0.717, 1.165) is 26.7 Å². The number of ketones is 1. The predicted octanol–water partition coefficient (Wildman–Crippen LogP) is 8.08.